The molecule has 5 heteroatoms. The molecular formula is C18H24N2O3. The smallest absolute Gasteiger partial charge is 0.411 e. The van der Waals surface area contributed by atoms with Gasteiger partial charge in [-0.25, -0.2) is 4.79 Å². The molecule has 2 amide bonds. The van der Waals surface area contributed by atoms with Crippen molar-refractivity contribution in [1.29, 1.82) is 0 Å². The van der Waals surface area contributed by atoms with E-state index in [1.807, 2.05) is 37.3 Å². The fourth-order valence-corrected chi connectivity index (χ4v) is 2.70. The average molecular weight is 316 g/mol. The van der Waals surface area contributed by atoms with Gasteiger partial charge in [0.2, 0.25) is 5.91 Å². The summed E-state index contributed by atoms with van der Waals surface area (Å²) in [7, 11) is 3.41. The van der Waals surface area contributed by atoms with Gasteiger partial charge in [-0.15, -0.1) is 0 Å². The van der Waals surface area contributed by atoms with Crippen LogP contribution in [-0.4, -0.2) is 48.5 Å². The summed E-state index contributed by atoms with van der Waals surface area (Å²) < 4.78 is 5.39. The number of amides is 2. The molecule has 1 atom stereocenters. The lowest BCUT2D eigenvalue weighted by Gasteiger charge is -2.25. The number of carbonyl (C=O) groups excluding carboxylic acids is 2. The Hall–Kier alpha value is -2.30. The number of rotatable bonds is 4. The van der Waals surface area contributed by atoms with Crippen LogP contribution in [0.1, 0.15) is 25.3 Å². The number of carbonyl (C=O) groups is 2. The van der Waals surface area contributed by atoms with Crippen molar-refractivity contribution < 1.29 is 14.3 Å². The molecule has 0 spiro atoms. The van der Waals surface area contributed by atoms with E-state index >= 15 is 0 Å². The SMILES string of the molecule is CC/C=C1\C[C@@H](C(=O)N(C)C)N(C(=O)OCc2ccccc2)C1. The Kier molecular flexibility index (Phi) is 5.79. The molecule has 0 bridgehead atoms. The second-order valence-electron chi connectivity index (χ2n) is 5.89. The highest BCUT2D eigenvalue weighted by atomic mass is 16.6. The average Bonchev–Trinajstić information content (AvgIpc) is 2.97. The quantitative estimate of drug-likeness (QED) is 0.803. The predicted octanol–water partition coefficient (Wildman–Crippen LogP) is 2.82. The van der Waals surface area contributed by atoms with Crippen LogP contribution in [0.3, 0.4) is 0 Å². The molecule has 1 aliphatic heterocycles. The lowest BCUT2D eigenvalue weighted by molar-refractivity contribution is -0.133. The summed E-state index contributed by atoms with van der Waals surface area (Å²) in [5.74, 6) is -0.0684. The number of allylic oxidation sites excluding steroid dienone is 1. The first-order valence-electron chi connectivity index (χ1n) is 7.89. The van der Waals surface area contributed by atoms with E-state index in [1.165, 1.54) is 9.80 Å². The molecule has 1 aliphatic rings. The van der Waals surface area contributed by atoms with Gasteiger partial charge in [0.1, 0.15) is 12.6 Å². The van der Waals surface area contributed by atoms with E-state index in [1.54, 1.807) is 14.1 Å². The van der Waals surface area contributed by atoms with Crippen molar-refractivity contribution in [2.75, 3.05) is 20.6 Å². The molecule has 0 aliphatic carbocycles. The van der Waals surface area contributed by atoms with E-state index in [0.717, 1.165) is 17.6 Å². The molecule has 124 valence electrons. The topological polar surface area (TPSA) is 49.9 Å². The minimum absolute atomic E-state index is 0.0684. The minimum Gasteiger partial charge on any atom is -0.445 e. The fourth-order valence-electron chi connectivity index (χ4n) is 2.70. The first-order valence-corrected chi connectivity index (χ1v) is 7.89. The number of nitrogens with zero attached hydrogens (tertiary/aromatic N) is 2. The van der Waals surface area contributed by atoms with Gasteiger partial charge in [0.15, 0.2) is 0 Å². The van der Waals surface area contributed by atoms with Crippen molar-refractivity contribution in [1.82, 2.24) is 9.80 Å². The van der Waals surface area contributed by atoms with Crippen LogP contribution in [0.25, 0.3) is 0 Å². The van der Waals surface area contributed by atoms with Crippen molar-refractivity contribution in [2.45, 2.75) is 32.4 Å². The number of hydrogen-bond acceptors (Lipinski definition) is 3. The number of likely N-dealkylation sites (N-methyl/N-ethyl adjacent to an activating group) is 1. The summed E-state index contributed by atoms with van der Waals surface area (Å²) >= 11 is 0. The van der Waals surface area contributed by atoms with E-state index in [0.29, 0.717) is 13.0 Å². The van der Waals surface area contributed by atoms with E-state index in [9.17, 15) is 9.59 Å². The van der Waals surface area contributed by atoms with Crippen LogP contribution >= 0.6 is 0 Å². The third-order valence-corrected chi connectivity index (χ3v) is 3.86. The normalized spacial score (nSPS) is 19.0. The van der Waals surface area contributed by atoms with Gasteiger partial charge in [-0.3, -0.25) is 9.69 Å². The van der Waals surface area contributed by atoms with Crippen molar-refractivity contribution in [2.24, 2.45) is 0 Å². The molecule has 1 saturated heterocycles. The van der Waals surface area contributed by atoms with Crippen LogP contribution in [0, 0.1) is 0 Å². The summed E-state index contributed by atoms with van der Waals surface area (Å²) in [6, 6.07) is 9.06. The van der Waals surface area contributed by atoms with Crippen molar-refractivity contribution >= 4 is 12.0 Å². The van der Waals surface area contributed by atoms with Crippen LogP contribution < -0.4 is 0 Å². The Morgan fingerprint density at radius 3 is 2.61 bits per heavy atom. The van der Waals surface area contributed by atoms with Gasteiger partial charge >= 0.3 is 6.09 Å². The second-order valence-corrected chi connectivity index (χ2v) is 5.89. The summed E-state index contributed by atoms with van der Waals surface area (Å²) in [5, 5.41) is 0. The van der Waals surface area contributed by atoms with Gasteiger partial charge < -0.3 is 9.64 Å². The maximum atomic E-state index is 12.4. The van der Waals surface area contributed by atoms with E-state index in [-0.39, 0.29) is 12.5 Å². The molecule has 1 heterocycles. The molecule has 0 N–H and O–H groups in total. The van der Waals surface area contributed by atoms with Gasteiger partial charge in [-0.2, -0.15) is 0 Å². The van der Waals surface area contributed by atoms with Crippen LogP contribution in [0.5, 0.6) is 0 Å². The third-order valence-electron chi connectivity index (χ3n) is 3.86. The predicted molar refractivity (Wildman–Crippen MR) is 88.8 cm³/mol. The third kappa shape index (κ3) is 4.34. The first kappa shape index (κ1) is 17.1. The summed E-state index contributed by atoms with van der Waals surface area (Å²) in [6.07, 6.45) is 3.13. The summed E-state index contributed by atoms with van der Waals surface area (Å²) in [4.78, 5) is 27.8. The van der Waals surface area contributed by atoms with E-state index in [4.69, 9.17) is 4.74 Å². The highest BCUT2D eigenvalue weighted by Crippen LogP contribution is 2.25. The largest absolute Gasteiger partial charge is 0.445 e. The number of ether oxygens (including phenoxy) is 1. The Morgan fingerprint density at radius 1 is 1.30 bits per heavy atom. The lowest BCUT2D eigenvalue weighted by Crippen LogP contribution is -2.45. The fraction of sp³-hybridized carbons (Fsp3) is 0.444. The monoisotopic (exact) mass is 316 g/mol. The maximum Gasteiger partial charge on any atom is 0.411 e. The molecular weight excluding hydrogens is 292 g/mol. The molecule has 0 aromatic heterocycles. The zero-order valence-electron chi connectivity index (χ0n) is 14.0. The highest BCUT2D eigenvalue weighted by molar-refractivity contribution is 5.86. The molecule has 5 nitrogen and oxygen atoms in total. The molecule has 2 rings (SSSR count). The van der Waals surface area contributed by atoms with Crippen LogP contribution in [-0.2, 0) is 16.1 Å². The first-order chi connectivity index (χ1) is 11.0. The van der Waals surface area contributed by atoms with Crippen LogP contribution in [0.15, 0.2) is 42.0 Å². The molecule has 1 fully saturated rings. The Morgan fingerprint density at radius 2 is 2.00 bits per heavy atom. The van der Waals surface area contributed by atoms with Gasteiger partial charge in [-0.1, -0.05) is 48.9 Å². The second kappa shape index (κ2) is 7.81. The Balaban J connectivity index is 2.05. The van der Waals surface area contributed by atoms with Crippen LogP contribution in [0.4, 0.5) is 4.79 Å². The number of benzene rings is 1. The molecule has 0 unspecified atom stereocenters. The van der Waals surface area contributed by atoms with Gasteiger partial charge in [-0.05, 0) is 18.4 Å². The molecule has 23 heavy (non-hydrogen) atoms. The number of likely N-dealkylation sites (tertiary alicyclic amines) is 1. The van der Waals surface area contributed by atoms with Crippen molar-refractivity contribution in [3.63, 3.8) is 0 Å². The Bertz CT molecular complexity index is 581. The standard InChI is InChI=1S/C18H24N2O3/c1-4-8-15-11-16(17(21)19(2)3)20(12-15)18(22)23-13-14-9-6-5-7-10-14/h5-10,16H,4,11-13H2,1-3H3/b15-8+/t16-/m0/s1. The molecule has 0 saturated carbocycles. The Labute approximate surface area is 137 Å². The van der Waals surface area contributed by atoms with Gasteiger partial charge in [0.05, 0.1) is 0 Å². The van der Waals surface area contributed by atoms with Gasteiger partial charge in [0.25, 0.3) is 0 Å². The van der Waals surface area contributed by atoms with Crippen LogP contribution in [0.2, 0.25) is 0 Å². The number of hydrogen-bond donors (Lipinski definition) is 0. The van der Waals surface area contributed by atoms with E-state index < -0.39 is 12.1 Å². The lowest BCUT2D eigenvalue weighted by atomic mass is 10.1. The molecule has 1 aromatic rings. The highest BCUT2D eigenvalue weighted by Gasteiger charge is 2.38. The minimum atomic E-state index is -0.467. The van der Waals surface area contributed by atoms with Crippen molar-refractivity contribution in [3.05, 3.63) is 47.5 Å². The summed E-state index contributed by atoms with van der Waals surface area (Å²) in [6.45, 7) is 2.73. The van der Waals surface area contributed by atoms with E-state index in [2.05, 4.69) is 6.08 Å². The zero-order chi connectivity index (χ0) is 16.8. The zero-order valence-corrected chi connectivity index (χ0v) is 14.0. The summed E-state index contributed by atoms with van der Waals surface area (Å²) in [5.41, 5.74) is 2.05. The maximum absolute atomic E-state index is 12.4. The van der Waals surface area contributed by atoms with Gasteiger partial charge in [0, 0.05) is 20.6 Å². The molecule has 1 aromatic carbocycles. The van der Waals surface area contributed by atoms with Crippen molar-refractivity contribution in [3.8, 4) is 0 Å². The molecule has 0 radical (unpaired) electrons.